The van der Waals surface area contributed by atoms with Gasteiger partial charge in [-0.05, 0) is 19.1 Å². The van der Waals surface area contributed by atoms with Crippen molar-refractivity contribution in [2.75, 3.05) is 6.61 Å². The van der Waals surface area contributed by atoms with Gasteiger partial charge in [-0.1, -0.05) is 13.8 Å². The second kappa shape index (κ2) is 8.27. The zero-order valence-electron chi connectivity index (χ0n) is 10.3. The van der Waals surface area contributed by atoms with Crippen LogP contribution in [0.15, 0.2) is 18.3 Å². The van der Waals surface area contributed by atoms with E-state index in [1.165, 1.54) is 18.3 Å². The molecule has 1 N–H and O–H groups in total. The van der Waals surface area contributed by atoms with E-state index in [1.54, 1.807) is 6.92 Å². The Morgan fingerprint density at radius 3 is 2.59 bits per heavy atom. The number of aromatic nitrogens is 1. The number of aromatic carboxylic acids is 1. The summed E-state index contributed by atoms with van der Waals surface area (Å²) in [4.78, 5) is 25.7. The van der Waals surface area contributed by atoms with Crippen molar-refractivity contribution < 1.29 is 19.4 Å². The molecular weight excluding hydrogens is 222 g/mol. The van der Waals surface area contributed by atoms with Crippen LogP contribution in [0, 0.1) is 0 Å². The zero-order chi connectivity index (χ0) is 13.3. The number of nitrogens with zero attached hydrogens (tertiary/aromatic N) is 1. The number of rotatable bonds is 4. The highest BCUT2D eigenvalue weighted by Crippen LogP contribution is 2.06. The maximum Gasteiger partial charge on any atom is 0.337 e. The second-order valence-corrected chi connectivity index (χ2v) is 2.78. The lowest BCUT2D eigenvalue weighted by molar-refractivity contribution is -0.142. The van der Waals surface area contributed by atoms with Crippen LogP contribution in [0.1, 0.15) is 36.8 Å². The first-order valence-electron chi connectivity index (χ1n) is 5.48. The number of carbonyl (C=O) groups excluding carboxylic acids is 1. The lowest BCUT2D eigenvalue weighted by Crippen LogP contribution is -2.12. The van der Waals surface area contributed by atoms with Gasteiger partial charge in [0.25, 0.3) is 0 Å². The average Bonchev–Trinajstić information content (AvgIpc) is 2.32. The summed E-state index contributed by atoms with van der Waals surface area (Å²) in [5, 5.41) is 8.82. The molecule has 0 amide bonds. The van der Waals surface area contributed by atoms with Crippen molar-refractivity contribution in [1.29, 1.82) is 0 Å². The predicted molar refractivity (Wildman–Crippen MR) is 62.9 cm³/mol. The fourth-order valence-electron chi connectivity index (χ4n) is 1.12. The van der Waals surface area contributed by atoms with Crippen molar-refractivity contribution in [3.05, 3.63) is 29.6 Å². The molecule has 0 aromatic carbocycles. The summed E-state index contributed by atoms with van der Waals surface area (Å²) >= 11 is 0. The average molecular weight is 239 g/mol. The molecule has 5 nitrogen and oxygen atoms in total. The first-order chi connectivity index (χ1) is 8.15. The van der Waals surface area contributed by atoms with Gasteiger partial charge in [-0.15, -0.1) is 0 Å². The third-order valence-electron chi connectivity index (χ3n) is 1.74. The van der Waals surface area contributed by atoms with Gasteiger partial charge in [-0.3, -0.25) is 9.78 Å². The van der Waals surface area contributed by atoms with Crippen LogP contribution in [0.4, 0.5) is 0 Å². The molecule has 0 spiro atoms. The smallest absolute Gasteiger partial charge is 0.337 e. The third-order valence-corrected chi connectivity index (χ3v) is 1.74. The summed E-state index contributed by atoms with van der Waals surface area (Å²) in [7, 11) is 0. The van der Waals surface area contributed by atoms with Gasteiger partial charge in [-0.2, -0.15) is 0 Å². The van der Waals surface area contributed by atoms with Gasteiger partial charge in [0.1, 0.15) is 0 Å². The van der Waals surface area contributed by atoms with E-state index in [0.717, 1.165) is 0 Å². The van der Waals surface area contributed by atoms with E-state index >= 15 is 0 Å². The van der Waals surface area contributed by atoms with Crippen LogP contribution in [-0.2, 0) is 16.0 Å². The summed E-state index contributed by atoms with van der Waals surface area (Å²) in [6.45, 7) is 5.96. The molecule has 0 aliphatic heterocycles. The molecule has 1 aromatic heterocycles. The molecule has 0 atom stereocenters. The quantitative estimate of drug-likeness (QED) is 0.812. The van der Waals surface area contributed by atoms with Crippen molar-refractivity contribution in [2.45, 2.75) is 27.2 Å². The lowest BCUT2D eigenvalue weighted by Gasteiger charge is -2.03. The van der Waals surface area contributed by atoms with E-state index < -0.39 is 11.9 Å². The first-order valence-corrected chi connectivity index (χ1v) is 5.48. The SMILES string of the molecule is CC.CCOC(=O)Cc1ncccc1C(=O)O. The van der Waals surface area contributed by atoms with E-state index in [1.807, 2.05) is 13.8 Å². The van der Waals surface area contributed by atoms with Gasteiger partial charge in [0, 0.05) is 6.20 Å². The molecule has 0 radical (unpaired) electrons. The van der Waals surface area contributed by atoms with Gasteiger partial charge in [0.2, 0.25) is 0 Å². The number of hydrogen-bond donors (Lipinski definition) is 1. The number of carboxylic acid groups (broad SMARTS) is 1. The van der Waals surface area contributed by atoms with Crippen molar-refractivity contribution >= 4 is 11.9 Å². The molecule has 0 aliphatic carbocycles. The van der Waals surface area contributed by atoms with Crippen molar-refractivity contribution in [3.8, 4) is 0 Å². The maximum atomic E-state index is 11.1. The second-order valence-electron chi connectivity index (χ2n) is 2.78. The summed E-state index contributed by atoms with van der Waals surface area (Å²) in [5.74, 6) is -1.57. The highest BCUT2D eigenvalue weighted by molar-refractivity contribution is 5.90. The summed E-state index contributed by atoms with van der Waals surface area (Å²) < 4.78 is 4.71. The maximum absolute atomic E-state index is 11.1. The zero-order valence-corrected chi connectivity index (χ0v) is 10.3. The molecule has 1 rings (SSSR count). The Bertz CT molecular complexity index is 377. The Balaban J connectivity index is 0.00000121. The lowest BCUT2D eigenvalue weighted by atomic mass is 10.1. The summed E-state index contributed by atoms with van der Waals surface area (Å²) in [6.07, 6.45) is 1.33. The van der Waals surface area contributed by atoms with E-state index in [-0.39, 0.29) is 24.3 Å². The Morgan fingerprint density at radius 1 is 1.41 bits per heavy atom. The van der Waals surface area contributed by atoms with Gasteiger partial charge in [0.05, 0.1) is 24.3 Å². The molecule has 0 aliphatic rings. The van der Waals surface area contributed by atoms with Crippen LogP contribution in [-0.4, -0.2) is 28.6 Å². The van der Waals surface area contributed by atoms with Crippen LogP contribution in [0.2, 0.25) is 0 Å². The molecule has 0 unspecified atom stereocenters. The topological polar surface area (TPSA) is 76.5 Å². The molecule has 1 aromatic rings. The molecule has 5 heteroatoms. The van der Waals surface area contributed by atoms with Crippen LogP contribution < -0.4 is 0 Å². The minimum atomic E-state index is -1.10. The van der Waals surface area contributed by atoms with Gasteiger partial charge in [-0.25, -0.2) is 4.79 Å². The Kier molecular flexibility index (Phi) is 7.34. The van der Waals surface area contributed by atoms with Crippen molar-refractivity contribution in [3.63, 3.8) is 0 Å². The highest BCUT2D eigenvalue weighted by Gasteiger charge is 2.14. The number of pyridine rings is 1. The van der Waals surface area contributed by atoms with Crippen molar-refractivity contribution in [1.82, 2.24) is 4.98 Å². The standard InChI is InChI=1S/C10H11NO4.C2H6/c1-2-15-9(12)6-8-7(10(13)14)4-3-5-11-8;1-2/h3-5H,2,6H2,1H3,(H,13,14);1-2H3. The number of esters is 1. The monoisotopic (exact) mass is 239 g/mol. The highest BCUT2D eigenvalue weighted by atomic mass is 16.5. The van der Waals surface area contributed by atoms with E-state index in [0.29, 0.717) is 0 Å². The molecule has 0 saturated heterocycles. The van der Waals surface area contributed by atoms with E-state index in [9.17, 15) is 9.59 Å². The van der Waals surface area contributed by atoms with Crippen LogP contribution in [0.3, 0.4) is 0 Å². The molecule has 0 saturated carbocycles. The van der Waals surface area contributed by atoms with Crippen LogP contribution >= 0.6 is 0 Å². The molecular formula is C12H17NO4. The van der Waals surface area contributed by atoms with Gasteiger partial charge >= 0.3 is 11.9 Å². The third kappa shape index (κ3) is 5.10. The molecule has 0 bridgehead atoms. The molecule has 0 fully saturated rings. The largest absolute Gasteiger partial charge is 0.478 e. The fraction of sp³-hybridized carbons (Fsp3) is 0.417. The number of ether oxygens (including phenoxy) is 1. The first kappa shape index (κ1) is 15.1. The number of carbonyl (C=O) groups is 2. The Labute approximate surface area is 100 Å². The Hall–Kier alpha value is -1.91. The number of hydrogen-bond acceptors (Lipinski definition) is 4. The number of carboxylic acids is 1. The Morgan fingerprint density at radius 2 is 2.06 bits per heavy atom. The van der Waals surface area contributed by atoms with Gasteiger partial charge < -0.3 is 9.84 Å². The van der Waals surface area contributed by atoms with E-state index in [4.69, 9.17) is 9.84 Å². The van der Waals surface area contributed by atoms with Crippen molar-refractivity contribution in [2.24, 2.45) is 0 Å². The minimum Gasteiger partial charge on any atom is -0.478 e. The van der Waals surface area contributed by atoms with E-state index in [2.05, 4.69) is 4.98 Å². The van der Waals surface area contributed by atoms with Crippen LogP contribution in [0.25, 0.3) is 0 Å². The molecule has 94 valence electrons. The predicted octanol–water partition coefficient (Wildman–Crippen LogP) is 1.91. The molecule has 17 heavy (non-hydrogen) atoms. The minimum absolute atomic E-state index is 0.0329. The van der Waals surface area contributed by atoms with Gasteiger partial charge in [0.15, 0.2) is 0 Å². The summed E-state index contributed by atoms with van der Waals surface area (Å²) in [5.41, 5.74) is 0.258. The van der Waals surface area contributed by atoms with Crippen LogP contribution in [0.5, 0.6) is 0 Å². The normalized spacial score (nSPS) is 8.88. The molecule has 1 heterocycles. The fourth-order valence-corrected chi connectivity index (χ4v) is 1.12. The summed E-state index contributed by atoms with van der Waals surface area (Å²) in [6, 6.07) is 2.92.